The van der Waals surface area contributed by atoms with E-state index in [-0.39, 0.29) is 17.9 Å². The minimum absolute atomic E-state index is 0.0714. The van der Waals surface area contributed by atoms with Gasteiger partial charge in [-0.05, 0) is 25.8 Å². The molecule has 0 radical (unpaired) electrons. The van der Waals surface area contributed by atoms with Crippen LogP contribution in [0.2, 0.25) is 0 Å². The van der Waals surface area contributed by atoms with Gasteiger partial charge in [0.1, 0.15) is 12.2 Å². The van der Waals surface area contributed by atoms with Crippen molar-refractivity contribution in [3.8, 4) is 0 Å². The zero-order valence-electron chi connectivity index (χ0n) is 13.5. The number of hydrogen-bond acceptors (Lipinski definition) is 3. The van der Waals surface area contributed by atoms with Crippen LogP contribution in [0.1, 0.15) is 47.5 Å². The van der Waals surface area contributed by atoms with Crippen LogP contribution in [-0.2, 0) is 14.1 Å². The molecule has 0 aliphatic heterocycles. The van der Waals surface area contributed by atoms with Gasteiger partial charge in [-0.1, -0.05) is 13.8 Å². The third-order valence-corrected chi connectivity index (χ3v) is 4.00. The molecule has 21 heavy (non-hydrogen) atoms. The van der Waals surface area contributed by atoms with Crippen molar-refractivity contribution in [2.75, 3.05) is 0 Å². The summed E-state index contributed by atoms with van der Waals surface area (Å²) in [6, 6.07) is 1.75. The molecular weight excluding hydrogens is 266 g/mol. The fourth-order valence-electron chi connectivity index (χ4n) is 2.42. The van der Waals surface area contributed by atoms with Gasteiger partial charge in [-0.3, -0.25) is 9.48 Å². The molecule has 2 aromatic heterocycles. The number of aryl methyl sites for hydroxylation is 2. The van der Waals surface area contributed by atoms with Gasteiger partial charge in [0.05, 0.1) is 11.6 Å². The summed E-state index contributed by atoms with van der Waals surface area (Å²) < 4.78 is 3.72. The number of amides is 1. The summed E-state index contributed by atoms with van der Waals surface area (Å²) in [5.41, 5.74) is 2.74. The molecule has 2 heterocycles. The second-order valence-corrected chi connectivity index (χ2v) is 5.78. The molecule has 6 nitrogen and oxygen atoms in total. The molecule has 6 heteroatoms. The Labute approximate surface area is 125 Å². The highest BCUT2D eigenvalue weighted by Gasteiger charge is 2.24. The predicted octanol–water partition coefficient (Wildman–Crippen LogP) is 1.90. The van der Waals surface area contributed by atoms with E-state index in [4.69, 9.17) is 0 Å². The Morgan fingerprint density at radius 2 is 1.95 bits per heavy atom. The first kappa shape index (κ1) is 15.3. The fraction of sp³-hybridized carbons (Fsp3) is 0.533. The highest BCUT2D eigenvalue weighted by molar-refractivity contribution is 5.95. The van der Waals surface area contributed by atoms with E-state index in [1.165, 1.54) is 6.33 Å². The van der Waals surface area contributed by atoms with Crippen molar-refractivity contribution in [3.63, 3.8) is 0 Å². The van der Waals surface area contributed by atoms with Crippen LogP contribution in [0.3, 0.4) is 0 Å². The Kier molecular flexibility index (Phi) is 4.16. The maximum absolute atomic E-state index is 12.6. The van der Waals surface area contributed by atoms with E-state index in [0.29, 0.717) is 5.56 Å². The first-order valence-corrected chi connectivity index (χ1v) is 7.10. The third kappa shape index (κ3) is 2.84. The Balaban J connectivity index is 2.27. The van der Waals surface area contributed by atoms with Crippen LogP contribution in [0.5, 0.6) is 0 Å². The minimum atomic E-state index is -0.162. The first-order chi connectivity index (χ1) is 9.82. The fourth-order valence-corrected chi connectivity index (χ4v) is 2.42. The number of aromatic nitrogens is 4. The van der Waals surface area contributed by atoms with Gasteiger partial charge < -0.3 is 9.88 Å². The molecule has 0 saturated heterocycles. The summed E-state index contributed by atoms with van der Waals surface area (Å²) in [6.45, 7) is 8.06. The van der Waals surface area contributed by atoms with Crippen molar-refractivity contribution < 1.29 is 4.79 Å². The number of hydrogen-bond donors (Lipinski definition) is 1. The zero-order valence-corrected chi connectivity index (χ0v) is 13.5. The third-order valence-electron chi connectivity index (χ3n) is 4.00. The Morgan fingerprint density at radius 3 is 2.38 bits per heavy atom. The number of nitrogens with one attached hydrogen (secondary N) is 1. The van der Waals surface area contributed by atoms with Gasteiger partial charge in [-0.25, -0.2) is 4.98 Å². The molecule has 114 valence electrons. The monoisotopic (exact) mass is 289 g/mol. The first-order valence-electron chi connectivity index (χ1n) is 7.10. The Morgan fingerprint density at radius 1 is 1.29 bits per heavy atom. The summed E-state index contributed by atoms with van der Waals surface area (Å²) >= 11 is 0. The molecule has 0 aliphatic carbocycles. The lowest BCUT2D eigenvalue weighted by Crippen LogP contribution is -2.33. The summed E-state index contributed by atoms with van der Waals surface area (Å²) in [4.78, 5) is 16.8. The smallest absolute Gasteiger partial charge is 0.253 e. The average molecular weight is 289 g/mol. The van der Waals surface area contributed by atoms with Crippen LogP contribution < -0.4 is 5.32 Å². The minimum Gasteiger partial charge on any atom is -0.351 e. The van der Waals surface area contributed by atoms with E-state index in [9.17, 15) is 4.79 Å². The number of nitrogens with zero attached hydrogens (tertiary/aromatic N) is 4. The number of carbonyl (C=O) groups is 1. The van der Waals surface area contributed by atoms with Gasteiger partial charge in [0.25, 0.3) is 5.91 Å². The SMILES string of the molecule is Cc1cc(C(=O)N[C@H](c2ncnn2C)C(C)C)c(C)n1C. The topological polar surface area (TPSA) is 64.7 Å². The van der Waals surface area contributed by atoms with Crippen molar-refractivity contribution in [1.29, 1.82) is 0 Å². The quantitative estimate of drug-likeness (QED) is 0.935. The van der Waals surface area contributed by atoms with Gasteiger partial charge in [-0.2, -0.15) is 5.10 Å². The lowest BCUT2D eigenvalue weighted by molar-refractivity contribution is 0.0921. The van der Waals surface area contributed by atoms with E-state index in [1.54, 1.807) is 4.68 Å². The van der Waals surface area contributed by atoms with Gasteiger partial charge in [0.2, 0.25) is 0 Å². The zero-order chi connectivity index (χ0) is 15.7. The molecule has 0 saturated carbocycles. The van der Waals surface area contributed by atoms with Gasteiger partial charge in [0.15, 0.2) is 0 Å². The lowest BCUT2D eigenvalue weighted by Gasteiger charge is -2.21. The summed E-state index contributed by atoms with van der Waals surface area (Å²) in [6.07, 6.45) is 1.51. The molecule has 0 unspecified atom stereocenters. The maximum Gasteiger partial charge on any atom is 0.253 e. The van der Waals surface area contributed by atoms with Crippen molar-refractivity contribution in [2.45, 2.75) is 33.7 Å². The molecule has 0 spiro atoms. The highest BCUT2D eigenvalue weighted by Crippen LogP contribution is 2.21. The molecule has 1 amide bonds. The van der Waals surface area contributed by atoms with Crippen LogP contribution in [0.15, 0.2) is 12.4 Å². The van der Waals surface area contributed by atoms with E-state index in [2.05, 4.69) is 29.2 Å². The van der Waals surface area contributed by atoms with Crippen molar-refractivity contribution in [2.24, 2.45) is 20.0 Å². The molecule has 1 atom stereocenters. The standard InChI is InChI=1S/C15H23N5O/c1-9(2)13(14-16-8-17-20(14)6)18-15(21)12-7-10(3)19(5)11(12)4/h7-9,13H,1-6H3,(H,18,21)/t13-/m0/s1. The van der Waals surface area contributed by atoms with Gasteiger partial charge in [-0.15, -0.1) is 0 Å². The molecule has 0 aromatic carbocycles. The average Bonchev–Trinajstić information content (AvgIpc) is 2.95. The normalized spacial score (nSPS) is 12.7. The molecule has 0 fully saturated rings. The molecule has 0 aliphatic rings. The Bertz CT molecular complexity index is 653. The predicted molar refractivity (Wildman–Crippen MR) is 80.9 cm³/mol. The van der Waals surface area contributed by atoms with E-state index < -0.39 is 0 Å². The lowest BCUT2D eigenvalue weighted by atomic mass is 10.0. The van der Waals surface area contributed by atoms with Crippen LogP contribution in [0.4, 0.5) is 0 Å². The van der Waals surface area contributed by atoms with E-state index >= 15 is 0 Å². The summed E-state index contributed by atoms with van der Waals surface area (Å²) in [5.74, 6) is 0.920. The Hall–Kier alpha value is -2.11. The van der Waals surface area contributed by atoms with Crippen molar-refractivity contribution in [1.82, 2.24) is 24.6 Å². The maximum atomic E-state index is 12.6. The van der Waals surface area contributed by atoms with E-state index in [1.807, 2.05) is 38.6 Å². The van der Waals surface area contributed by atoms with E-state index in [0.717, 1.165) is 17.2 Å². The largest absolute Gasteiger partial charge is 0.351 e. The second kappa shape index (κ2) is 5.71. The summed E-state index contributed by atoms with van der Waals surface area (Å²) in [7, 11) is 3.80. The summed E-state index contributed by atoms with van der Waals surface area (Å²) in [5, 5.41) is 7.17. The van der Waals surface area contributed by atoms with Crippen LogP contribution in [0, 0.1) is 19.8 Å². The molecule has 2 rings (SSSR count). The van der Waals surface area contributed by atoms with Gasteiger partial charge in [0, 0.05) is 25.5 Å². The molecule has 0 bridgehead atoms. The number of rotatable bonds is 4. The second-order valence-electron chi connectivity index (χ2n) is 5.78. The highest BCUT2D eigenvalue weighted by atomic mass is 16.1. The molecular formula is C15H23N5O. The van der Waals surface area contributed by atoms with Crippen molar-refractivity contribution >= 4 is 5.91 Å². The van der Waals surface area contributed by atoms with Crippen molar-refractivity contribution in [3.05, 3.63) is 35.2 Å². The number of carbonyl (C=O) groups excluding carboxylic acids is 1. The van der Waals surface area contributed by atoms with Crippen LogP contribution in [0.25, 0.3) is 0 Å². The van der Waals surface area contributed by atoms with Crippen LogP contribution in [-0.4, -0.2) is 25.2 Å². The van der Waals surface area contributed by atoms with Gasteiger partial charge >= 0.3 is 0 Å². The molecule has 2 aromatic rings. The van der Waals surface area contributed by atoms with Crippen LogP contribution >= 0.6 is 0 Å². The molecule has 1 N–H and O–H groups in total.